The van der Waals surface area contributed by atoms with Crippen LogP contribution in [-0.2, 0) is 18.2 Å². The number of ether oxygens (including phenoxy) is 1. The average Bonchev–Trinajstić information content (AvgIpc) is 2.80. The van der Waals surface area contributed by atoms with Crippen LogP contribution in [0.15, 0.2) is 27.9 Å². The van der Waals surface area contributed by atoms with Gasteiger partial charge in [-0.3, -0.25) is 14.6 Å². The van der Waals surface area contributed by atoms with Crippen molar-refractivity contribution in [1.82, 2.24) is 14.7 Å². The van der Waals surface area contributed by atoms with Crippen molar-refractivity contribution in [3.05, 3.63) is 44.7 Å². The van der Waals surface area contributed by atoms with Crippen molar-refractivity contribution in [1.29, 1.82) is 0 Å². The summed E-state index contributed by atoms with van der Waals surface area (Å²) >= 11 is 0. The van der Waals surface area contributed by atoms with E-state index >= 15 is 0 Å². The van der Waals surface area contributed by atoms with E-state index in [1.807, 2.05) is 32.7 Å². The second kappa shape index (κ2) is 4.86. The third-order valence-electron chi connectivity index (χ3n) is 3.42. The van der Waals surface area contributed by atoms with Crippen LogP contribution >= 0.6 is 0 Å². The Labute approximate surface area is 112 Å². The first-order valence-electron chi connectivity index (χ1n) is 6.29. The lowest BCUT2D eigenvalue weighted by molar-refractivity contribution is 0.268. The minimum atomic E-state index is -0.0491. The lowest BCUT2D eigenvalue weighted by Crippen LogP contribution is -2.13. The Kier molecular flexibility index (Phi) is 3.40. The number of hydrogen-bond acceptors (Lipinski definition) is 3. The molecule has 5 nitrogen and oxygen atoms in total. The maximum Gasteiger partial charge on any atom is 0.274 e. The summed E-state index contributed by atoms with van der Waals surface area (Å²) in [5.41, 5.74) is 5.60. The van der Waals surface area contributed by atoms with E-state index in [0.717, 1.165) is 23.6 Å². The van der Waals surface area contributed by atoms with E-state index in [0.29, 0.717) is 11.4 Å². The molecule has 1 aromatic rings. The lowest BCUT2D eigenvalue weighted by Gasteiger charge is -2.09. The molecule has 1 aromatic heterocycles. The summed E-state index contributed by atoms with van der Waals surface area (Å²) in [6, 6.07) is 0. The SMILES string of the molecule is CCc1[nH]n(C)c(=O)c1C=C=C1OC(C)=C(C)N1C. The maximum atomic E-state index is 11.9. The van der Waals surface area contributed by atoms with Crippen LogP contribution in [0.25, 0.3) is 6.08 Å². The summed E-state index contributed by atoms with van der Waals surface area (Å²) in [4.78, 5) is 13.9. The molecular weight excluding hydrogens is 242 g/mol. The second-order valence-electron chi connectivity index (χ2n) is 4.62. The molecule has 0 unspecified atom stereocenters. The number of hydrogen-bond donors (Lipinski definition) is 1. The van der Waals surface area contributed by atoms with Gasteiger partial charge in [0.05, 0.1) is 11.3 Å². The summed E-state index contributed by atoms with van der Waals surface area (Å²) in [6.45, 7) is 5.90. The molecule has 1 aliphatic rings. The molecule has 1 aliphatic heterocycles. The predicted molar refractivity (Wildman–Crippen MR) is 74.1 cm³/mol. The van der Waals surface area contributed by atoms with Crippen LogP contribution in [0, 0.1) is 0 Å². The normalized spacial score (nSPS) is 14.8. The van der Waals surface area contributed by atoms with Crippen molar-refractivity contribution < 1.29 is 4.74 Å². The van der Waals surface area contributed by atoms with Gasteiger partial charge < -0.3 is 9.64 Å². The van der Waals surface area contributed by atoms with Gasteiger partial charge in [-0.2, -0.15) is 0 Å². The van der Waals surface area contributed by atoms with Gasteiger partial charge >= 0.3 is 0 Å². The van der Waals surface area contributed by atoms with Gasteiger partial charge in [-0.15, -0.1) is 0 Å². The molecule has 0 spiro atoms. The maximum absolute atomic E-state index is 11.9. The molecule has 2 heterocycles. The molecule has 0 saturated carbocycles. The highest BCUT2D eigenvalue weighted by Crippen LogP contribution is 2.25. The average molecular weight is 261 g/mol. The van der Waals surface area contributed by atoms with Crippen LogP contribution in [0.2, 0.25) is 0 Å². The predicted octanol–water partition coefficient (Wildman–Crippen LogP) is 1.94. The number of allylic oxidation sites excluding steroid dienone is 2. The third-order valence-corrected chi connectivity index (χ3v) is 3.42. The van der Waals surface area contributed by atoms with Crippen molar-refractivity contribution in [2.75, 3.05) is 7.05 Å². The second-order valence-corrected chi connectivity index (χ2v) is 4.62. The van der Waals surface area contributed by atoms with Crippen LogP contribution in [0.5, 0.6) is 0 Å². The fourth-order valence-electron chi connectivity index (χ4n) is 1.98. The standard InChI is InChI=1S/C14H19N3O2/c1-6-12-11(14(18)17(5)15-12)7-8-13-16(4)9(2)10(3)19-13/h7,15H,6H2,1-5H3. The Morgan fingerprint density at radius 2 is 2.05 bits per heavy atom. The minimum absolute atomic E-state index is 0.0491. The van der Waals surface area contributed by atoms with E-state index in [-0.39, 0.29) is 5.56 Å². The highest BCUT2D eigenvalue weighted by atomic mass is 16.5. The number of nitrogens with zero attached hydrogens (tertiary/aromatic N) is 2. The van der Waals surface area contributed by atoms with E-state index < -0.39 is 0 Å². The van der Waals surface area contributed by atoms with Gasteiger partial charge in [-0.1, -0.05) is 12.7 Å². The summed E-state index contributed by atoms with van der Waals surface area (Å²) in [7, 11) is 3.62. The Morgan fingerprint density at radius 1 is 1.37 bits per heavy atom. The Hall–Kier alpha value is -2.13. The number of nitrogens with one attached hydrogen (secondary N) is 1. The summed E-state index contributed by atoms with van der Waals surface area (Å²) < 4.78 is 7.07. The van der Waals surface area contributed by atoms with E-state index in [4.69, 9.17) is 4.74 Å². The molecule has 5 heteroatoms. The third kappa shape index (κ3) is 2.25. The quantitative estimate of drug-likeness (QED) is 0.828. The Bertz CT molecular complexity index is 655. The molecule has 19 heavy (non-hydrogen) atoms. The Balaban J connectivity index is 2.43. The molecule has 0 aromatic carbocycles. The smallest absolute Gasteiger partial charge is 0.274 e. The van der Waals surface area contributed by atoms with E-state index in [1.165, 1.54) is 4.68 Å². The van der Waals surface area contributed by atoms with Crippen molar-refractivity contribution in [2.45, 2.75) is 27.2 Å². The van der Waals surface area contributed by atoms with Crippen LogP contribution in [0.4, 0.5) is 0 Å². The molecule has 0 atom stereocenters. The van der Waals surface area contributed by atoms with Crippen LogP contribution in [0.1, 0.15) is 32.0 Å². The number of aryl methyl sites for hydroxylation is 2. The molecule has 0 fully saturated rings. The zero-order valence-electron chi connectivity index (χ0n) is 12.0. The number of aromatic nitrogens is 2. The van der Waals surface area contributed by atoms with Gasteiger partial charge in [0.25, 0.3) is 5.56 Å². The van der Waals surface area contributed by atoms with E-state index in [9.17, 15) is 4.79 Å². The van der Waals surface area contributed by atoms with Crippen molar-refractivity contribution >= 4 is 6.08 Å². The first-order chi connectivity index (χ1) is 8.95. The highest BCUT2D eigenvalue weighted by molar-refractivity contribution is 5.51. The molecule has 0 aliphatic carbocycles. The van der Waals surface area contributed by atoms with Gasteiger partial charge in [0.15, 0.2) is 0 Å². The topological polar surface area (TPSA) is 50.3 Å². The molecule has 0 amide bonds. The van der Waals surface area contributed by atoms with Gasteiger partial charge in [-0.25, -0.2) is 0 Å². The molecule has 2 rings (SSSR count). The summed E-state index contributed by atoms with van der Waals surface area (Å²) in [5.74, 6) is 1.47. The molecule has 102 valence electrons. The molecule has 0 radical (unpaired) electrons. The molecule has 0 saturated heterocycles. The number of aromatic amines is 1. The zero-order valence-corrected chi connectivity index (χ0v) is 12.0. The fraction of sp³-hybridized carbons (Fsp3) is 0.429. The highest BCUT2D eigenvalue weighted by Gasteiger charge is 2.19. The number of H-pyrrole nitrogens is 1. The zero-order chi connectivity index (χ0) is 14.2. The molecular formula is C14H19N3O2. The van der Waals surface area contributed by atoms with Crippen LogP contribution in [-0.4, -0.2) is 21.7 Å². The van der Waals surface area contributed by atoms with Gasteiger partial charge in [0, 0.05) is 25.9 Å². The molecule has 1 N–H and O–H groups in total. The van der Waals surface area contributed by atoms with Crippen molar-refractivity contribution in [2.24, 2.45) is 7.05 Å². The largest absolute Gasteiger partial charge is 0.437 e. The van der Waals surface area contributed by atoms with E-state index in [2.05, 4.69) is 10.8 Å². The van der Waals surface area contributed by atoms with Crippen molar-refractivity contribution in [3.8, 4) is 0 Å². The first kappa shape index (κ1) is 13.3. The van der Waals surface area contributed by atoms with Gasteiger partial charge in [0.2, 0.25) is 5.88 Å². The summed E-state index contributed by atoms with van der Waals surface area (Å²) in [5, 5.41) is 3.03. The Morgan fingerprint density at radius 3 is 2.58 bits per heavy atom. The van der Waals surface area contributed by atoms with Crippen LogP contribution in [0.3, 0.4) is 0 Å². The van der Waals surface area contributed by atoms with E-state index in [1.54, 1.807) is 13.1 Å². The minimum Gasteiger partial charge on any atom is -0.437 e. The fourth-order valence-corrected chi connectivity index (χ4v) is 1.98. The summed E-state index contributed by atoms with van der Waals surface area (Å²) in [6.07, 6.45) is 2.46. The first-order valence-corrected chi connectivity index (χ1v) is 6.29. The van der Waals surface area contributed by atoms with Gasteiger partial charge in [-0.05, 0) is 20.3 Å². The van der Waals surface area contributed by atoms with Crippen LogP contribution < -0.4 is 5.56 Å². The lowest BCUT2D eigenvalue weighted by atomic mass is 10.2. The molecule has 0 bridgehead atoms. The van der Waals surface area contributed by atoms with Crippen molar-refractivity contribution in [3.63, 3.8) is 0 Å². The van der Waals surface area contributed by atoms with Gasteiger partial charge in [0.1, 0.15) is 5.76 Å². The number of rotatable bonds is 2. The monoisotopic (exact) mass is 261 g/mol.